The second kappa shape index (κ2) is 16.4. The quantitative estimate of drug-likeness (QED) is 0.0863. The molecular weight excluding hydrogens is 604 g/mol. The molecule has 10 nitrogen and oxygen atoms in total. The number of hydrogen-bond donors (Lipinski definition) is 6. The molecule has 2 aliphatic carbocycles. The van der Waals surface area contributed by atoms with Gasteiger partial charge in [0.2, 0.25) is 0 Å². The Morgan fingerprint density at radius 3 is 1.91 bits per heavy atom. The van der Waals surface area contributed by atoms with E-state index in [1.807, 2.05) is 0 Å². The maximum atomic E-state index is 13.7. The number of carbonyl (C=O) groups is 4. The summed E-state index contributed by atoms with van der Waals surface area (Å²) in [6.45, 7) is 16.1. The van der Waals surface area contributed by atoms with Crippen molar-refractivity contribution < 1.29 is 49.8 Å². The Hall–Kier alpha value is -3.02. The van der Waals surface area contributed by atoms with Crippen LogP contribution in [0.15, 0.2) is 57.9 Å². The maximum Gasteiger partial charge on any atom is 0.188 e. The van der Waals surface area contributed by atoms with Crippen molar-refractivity contribution in [1.29, 1.82) is 0 Å². The standard InChI is InChI=1S/C37H54O10/c1-16(25(10)38)12-11-13-17(2)30(40)21(6)34(44)23(8)35(45)22(7)31(41)18(3)14-19(4)32(42)28-27-26(39)15-20(5)33(43)29(27)37(47)24(9)36(28)46/h11-13,15,17-19,21-24,30-31,34-35,37,40-41,44-47H,14H2,1-10H3/b13-11+,16-12-/t17-,18?,19?,21?,22+,23+,24?,30-,31-,34+,35+,37?/m0/s1. The number of carbonyl (C=O) groups excluding carboxylic acids is 4. The first kappa shape index (κ1) is 40.2. The van der Waals surface area contributed by atoms with E-state index in [1.54, 1.807) is 66.7 Å². The van der Waals surface area contributed by atoms with Gasteiger partial charge in [-0.15, -0.1) is 0 Å². The van der Waals surface area contributed by atoms with Gasteiger partial charge in [-0.1, -0.05) is 66.7 Å². The monoisotopic (exact) mass is 658 g/mol. The minimum Gasteiger partial charge on any atom is -0.511 e. The van der Waals surface area contributed by atoms with E-state index in [0.29, 0.717) is 5.57 Å². The van der Waals surface area contributed by atoms with E-state index in [4.69, 9.17) is 0 Å². The van der Waals surface area contributed by atoms with Crippen molar-refractivity contribution >= 4 is 23.1 Å². The van der Waals surface area contributed by atoms with Gasteiger partial charge in [0.15, 0.2) is 23.1 Å². The highest BCUT2D eigenvalue weighted by atomic mass is 16.3. The predicted octanol–water partition coefficient (Wildman–Crippen LogP) is 3.51. The van der Waals surface area contributed by atoms with Gasteiger partial charge < -0.3 is 30.6 Å². The summed E-state index contributed by atoms with van der Waals surface area (Å²) in [6.07, 6.45) is 0.474. The van der Waals surface area contributed by atoms with Crippen molar-refractivity contribution in [2.75, 3.05) is 0 Å². The van der Waals surface area contributed by atoms with Gasteiger partial charge in [-0.2, -0.15) is 0 Å². The van der Waals surface area contributed by atoms with Crippen molar-refractivity contribution in [2.45, 2.75) is 106 Å². The third kappa shape index (κ3) is 8.72. The molecule has 0 aliphatic heterocycles. The van der Waals surface area contributed by atoms with Crippen LogP contribution in [-0.2, 0) is 19.2 Å². The highest BCUT2D eigenvalue weighted by Crippen LogP contribution is 2.40. The summed E-state index contributed by atoms with van der Waals surface area (Å²) in [4.78, 5) is 50.9. The molecule has 5 unspecified atom stereocenters. The molecule has 6 N–H and O–H groups in total. The molecular formula is C37H54O10. The summed E-state index contributed by atoms with van der Waals surface area (Å²) in [5.41, 5.74) is -0.0712. The molecule has 0 aromatic rings. The van der Waals surface area contributed by atoms with Crippen LogP contribution in [0.1, 0.15) is 75.7 Å². The molecule has 0 amide bonds. The lowest BCUT2D eigenvalue weighted by molar-refractivity contribution is -0.121. The number of hydrogen-bond acceptors (Lipinski definition) is 10. The molecule has 0 saturated heterocycles. The molecule has 0 heterocycles. The van der Waals surface area contributed by atoms with Gasteiger partial charge in [0.25, 0.3) is 0 Å². The Morgan fingerprint density at radius 2 is 1.38 bits per heavy atom. The Kier molecular flexibility index (Phi) is 14.0. The van der Waals surface area contributed by atoms with Gasteiger partial charge in [-0.25, -0.2) is 0 Å². The SMILES string of the molecule is CC(=O)/C(C)=C\C=C\[C@H](C)[C@H](O)C(C)[C@@H](O)[C@@H](C)[C@H](O)[C@H](C)[C@@H](O)C(C)CC(C)C(=O)C1=C(O)C(C)C(O)C2=C1C(=O)C=C(C)C2=O. The Morgan fingerprint density at radius 1 is 0.872 bits per heavy atom. The summed E-state index contributed by atoms with van der Waals surface area (Å²) >= 11 is 0. The normalized spacial score (nSPS) is 25.8. The molecule has 10 heteroatoms. The summed E-state index contributed by atoms with van der Waals surface area (Å²) in [5, 5.41) is 65.9. The lowest BCUT2D eigenvalue weighted by Crippen LogP contribution is -2.46. The van der Waals surface area contributed by atoms with Crippen LogP contribution in [0.2, 0.25) is 0 Å². The van der Waals surface area contributed by atoms with Gasteiger partial charge in [0, 0.05) is 52.2 Å². The fourth-order valence-electron chi connectivity index (χ4n) is 6.56. The molecule has 0 aromatic carbocycles. The summed E-state index contributed by atoms with van der Waals surface area (Å²) in [6, 6.07) is 0. The largest absolute Gasteiger partial charge is 0.511 e. The third-order valence-corrected chi connectivity index (χ3v) is 10.3. The van der Waals surface area contributed by atoms with Gasteiger partial charge in [-0.3, -0.25) is 19.2 Å². The Bertz CT molecular complexity index is 1380. The lowest BCUT2D eigenvalue weighted by atomic mass is 9.71. The summed E-state index contributed by atoms with van der Waals surface area (Å²) < 4.78 is 0. The van der Waals surface area contributed by atoms with Crippen molar-refractivity contribution in [3.63, 3.8) is 0 Å². The van der Waals surface area contributed by atoms with E-state index < -0.39 is 89.1 Å². The van der Waals surface area contributed by atoms with Crippen LogP contribution in [-0.4, -0.2) is 84.3 Å². The second-order valence-electron chi connectivity index (χ2n) is 14.0. The molecule has 0 bridgehead atoms. The molecule has 0 fully saturated rings. The number of aliphatic hydroxyl groups excluding tert-OH is 6. The van der Waals surface area contributed by atoms with Gasteiger partial charge in [0.05, 0.1) is 36.1 Å². The van der Waals surface area contributed by atoms with Gasteiger partial charge >= 0.3 is 0 Å². The fourth-order valence-corrected chi connectivity index (χ4v) is 6.56. The van der Waals surface area contributed by atoms with Crippen molar-refractivity contribution in [1.82, 2.24) is 0 Å². The highest BCUT2D eigenvalue weighted by molar-refractivity contribution is 6.28. The molecule has 0 saturated carbocycles. The van der Waals surface area contributed by atoms with Crippen LogP contribution in [0.4, 0.5) is 0 Å². The lowest BCUT2D eigenvalue weighted by Gasteiger charge is -2.37. The molecule has 0 aromatic heterocycles. The average Bonchev–Trinajstić information content (AvgIpc) is 3.02. The molecule has 12 atom stereocenters. The summed E-state index contributed by atoms with van der Waals surface area (Å²) in [5.74, 6) is -7.15. The van der Waals surface area contributed by atoms with Crippen molar-refractivity contribution in [3.05, 3.63) is 57.9 Å². The van der Waals surface area contributed by atoms with E-state index in [0.717, 1.165) is 6.08 Å². The Labute approximate surface area is 278 Å². The minimum atomic E-state index is -1.44. The number of Topliss-reactive ketones (excluding diaryl/α,β-unsaturated/α-hetero) is 3. The van der Waals surface area contributed by atoms with Crippen LogP contribution < -0.4 is 0 Å². The predicted molar refractivity (Wildman–Crippen MR) is 178 cm³/mol. The topological polar surface area (TPSA) is 190 Å². The van der Waals surface area contributed by atoms with E-state index in [-0.39, 0.29) is 40.4 Å². The molecule has 2 aliphatic rings. The molecule has 47 heavy (non-hydrogen) atoms. The second-order valence-corrected chi connectivity index (χ2v) is 14.0. The van der Waals surface area contributed by atoms with Crippen LogP contribution in [0.3, 0.4) is 0 Å². The zero-order valence-corrected chi connectivity index (χ0v) is 29.3. The highest BCUT2D eigenvalue weighted by Gasteiger charge is 2.45. The smallest absolute Gasteiger partial charge is 0.188 e. The van der Waals surface area contributed by atoms with Crippen LogP contribution in [0, 0.1) is 41.4 Å². The van der Waals surface area contributed by atoms with Gasteiger partial charge in [-0.05, 0) is 44.8 Å². The van der Waals surface area contributed by atoms with Crippen molar-refractivity contribution in [2.24, 2.45) is 41.4 Å². The Balaban J connectivity index is 2.14. The summed E-state index contributed by atoms with van der Waals surface area (Å²) in [7, 11) is 0. The zero-order valence-electron chi connectivity index (χ0n) is 29.3. The maximum absolute atomic E-state index is 13.7. The average molecular weight is 659 g/mol. The molecule has 2 rings (SSSR count). The van der Waals surface area contributed by atoms with E-state index in [9.17, 15) is 49.8 Å². The number of allylic oxidation sites excluding steroid dienone is 7. The number of ketones is 4. The van der Waals surface area contributed by atoms with Crippen LogP contribution in [0.5, 0.6) is 0 Å². The van der Waals surface area contributed by atoms with E-state index in [1.165, 1.54) is 20.8 Å². The van der Waals surface area contributed by atoms with Crippen LogP contribution in [0.25, 0.3) is 0 Å². The van der Waals surface area contributed by atoms with Gasteiger partial charge in [0.1, 0.15) is 5.76 Å². The molecule has 0 spiro atoms. The van der Waals surface area contributed by atoms with E-state index in [2.05, 4.69) is 0 Å². The molecule has 0 radical (unpaired) electrons. The first-order chi connectivity index (χ1) is 21.7. The third-order valence-electron chi connectivity index (χ3n) is 10.3. The first-order valence-corrected chi connectivity index (χ1v) is 16.4. The molecule has 262 valence electrons. The number of rotatable bonds is 15. The van der Waals surface area contributed by atoms with Crippen molar-refractivity contribution in [3.8, 4) is 0 Å². The zero-order chi connectivity index (χ0) is 36.2. The number of aliphatic hydroxyl groups is 6. The minimum absolute atomic E-state index is 0.0602. The fraction of sp³-hybridized carbons (Fsp3) is 0.622. The van der Waals surface area contributed by atoms with E-state index >= 15 is 0 Å². The van der Waals surface area contributed by atoms with Crippen LogP contribution >= 0.6 is 0 Å². The first-order valence-electron chi connectivity index (χ1n) is 16.4.